The Morgan fingerprint density at radius 2 is 1.60 bits per heavy atom. The first-order valence-electron chi connectivity index (χ1n) is 6.63. The molecule has 0 bridgehead atoms. The Bertz CT molecular complexity index is 120. The van der Waals surface area contributed by atoms with Gasteiger partial charge in [-0.3, -0.25) is 0 Å². The zero-order valence-electron chi connectivity index (χ0n) is 11.2. The van der Waals surface area contributed by atoms with E-state index < -0.39 is 0 Å². The van der Waals surface area contributed by atoms with Crippen LogP contribution < -0.4 is 5.32 Å². The molecular formula is C13H30N2. The molecule has 0 aromatic carbocycles. The molecule has 1 N–H and O–H groups in total. The Morgan fingerprint density at radius 1 is 1.00 bits per heavy atom. The molecule has 15 heavy (non-hydrogen) atoms. The van der Waals surface area contributed by atoms with Gasteiger partial charge in [0.2, 0.25) is 0 Å². The maximum Gasteiger partial charge on any atom is -0.000687 e. The standard InChI is InChI=1S/C13H30N2/c1-5-15(6-2)12-8-11-14-10-7-9-13(3)4/h13-14H,5-12H2,1-4H3. The molecule has 2 nitrogen and oxygen atoms in total. The summed E-state index contributed by atoms with van der Waals surface area (Å²) in [6, 6.07) is 0. The number of hydrogen-bond donors (Lipinski definition) is 1. The first-order chi connectivity index (χ1) is 7.20. The van der Waals surface area contributed by atoms with E-state index in [-0.39, 0.29) is 0 Å². The quantitative estimate of drug-likeness (QED) is 0.563. The van der Waals surface area contributed by atoms with E-state index >= 15 is 0 Å². The summed E-state index contributed by atoms with van der Waals surface area (Å²) in [5, 5.41) is 3.52. The highest BCUT2D eigenvalue weighted by atomic mass is 15.1. The first kappa shape index (κ1) is 14.9. The summed E-state index contributed by atoms with van der Waals surface area (Å²) < 4.78 is 0. The van der Waals surface area contributed by atoms with Gasteiger partial charge in [0, 0.05) is 0 Å². The van der Waals surface area contributed by atoms with E-state index in [1.54, 1.807) is 0 Å². The lowest BCUT2D eigenvalue weighted by Crippen LogP contribution is -2.27. The lowest BCUT2D eigenvalue weighted by molar-refractivity contribution is 0.298. The van der Waals surface area contributed by atoms with Gasteiger partial charge in [0.1, 0.15) is 0 Å². The van der Waals surface area contributed by atoms with E-state index in [1.807, 2.05) is 0 Å². The van der Waals surface area contributed by atoms with Crippen molar-refractivity contribution < 1.29 is 0 Å². The molecule has 0 saturated carbocycles. The Balaban J connectivity index is 3.10. The third-order valence-corrected chi connectivity index (χ3v) is 2.86. The van der Waals surface area contributed by atoms with Crippen LogP contribution in [0.4, 0.5) is 0 Å². The van der Waals surface area contributed by atoms with Crippen LogP contribution in [0.3, 0.4) is 0 Å². The average molecular weight is 214 g/mol. The molecule has 0 aromatic heterocycles. The third-order valence-electron chi connectivity index (χ3n) is 2.86. The van der Waals surface area contributed by atoms with Gasteiger partial charge in [-0.05, 0) is 57.9 Å². The summed E-state index contributed by atoms with van der Waals surface area (Å²) in [6.07, 6.45) is 3.95. The van der Waals surface area contributed by atoms with Gasteiger partial charge in [0.25, 0.3) is 0 Å². The lowest BCUT2D eigenvalue weighted by Gasteiger charge is -2.17. The summed E-state index contributed by atoms with van der Waals surface area (Å²) in [5.41, 5.74) is 0. The van der Waals surface area contributed by atoms with Crippen LogP contribution in [0.5, 0.6) is 0 Å². The Hall–Kier alpha value is -0.0800. The summed E-state index contributed by atoms with van der Waals surface area (Å²) in [7, 11) is 0. The molecule has 0 amide bonds. The molecule has 0 rings (SSSR count). The largest absolute Gasteiger partial charge is 0.317 e. The van der Waals surface area contributed by atoms with E-state index in [9.17, 15) is 0 Å². The van der Waals surface area contributed by atoms with Crippen LogP contribution in [0.2, 0.25) is 0 Å². The van der Waals surface area contributed by atoms with Crippen molar-refractivity contribution in [2.45, 2.75) is 47.0 Å². The molecule has 0 aliphatic heterocycles. The number of nitrogens with one attached hydrogen (secondary N) is 1. The highest BCUT2D eigenvalue weighted by Gasteiger charge is 1.97. The van der Waals surface area contributed by atoms with Gasteiger partial charge in [-0.25, -0.2) is 0 Å². The number of nitrogens with zero attached hydrogens (tertiary/aromatic N) is 1. The zero-order valence-corrected chi connectivity index (χ0v) is 11.2. The van der Waals surface area contributed by atoms with Gasteiger partial charge in [0.05, 0.1) is 0 Å². The summed E-state index contributed by atoms with van der Waals surface area (Å²) in [4.78, 5) is 2.48. The number of rotatable bonds is 10. The van der Waals surface area contributed by atoms with Gasteiger partial charge < -0.3 is 10.2 Å². The second kappa shape index (κ2) is 10.4. The summed E-state index contributed by atoms with van der Waals surface area (Å²) >= 11 is 0. The van der Waals surface area contributed by atoms with Gasteiger partial charge in [-0.2, -0.15) is 0 Å². The Morgan fingerprint density at radius 3 is 2.13 bits per heavy atom. The predicted octanol–water partition coefficient (Wildman–Crippen LogP) is 2.74. The molecule has 0 aliphatic carbocycles. The van der Waals surface area contributed by atoms with Crippen molar-refractivity contribution in [2.75, 3.05) is 32.7 Å². The van der Waals surface area contributed by atoms with E-state index in [0.29, 0.717) is 0 Å². The minimum Gasteiger partial charge on any atom is -0.317 e. The van der Waals surface area contributed by atoms with Crippen LogP contribution >= 0.6 is 0 Å². The lowest BCUT2D eigenvalue weighted by atomic mass is 10.1. The first-order valence-corrected chi connectivity index (χ1v) is 6.63. The minimum atomic E-state index is 0.850. The number of hydrogen-bond acceptors (Lipinski definition) is 2. The van der Waals surface area contributed by atoms with Crippen LogP contribution in [-0.2, 0) is 0 Å². The van der Waals surface area contributed by atoms with E-state index in [0.717, 1.165) is 5.92 Å². The molecule has 0 spiro atoms. The summed E-state index contributed by atoms with van der Waals surface area (Å²) in [6.45, 7) is 15.0. The topological polar surface area (TPSA) is 15.3 Å². The van der Waals surface area contributed by atoms with Crippen molar-refractivity contribution in [1.82, 2.24) is 10.2 Å². The molecule has 2 heteroatoms. The SMILES string of the molecule is CCN(CC)CCCNCCCC(C)C. The van der Waals surface area contributed by atoms with E-state index in [2.05, 4.69) is 37.9 Å². The second-order valence-electron chi connectivity index (χ2n) is 4.67. The average Bonchev–Trinajstić information content (AvgIpc) is 2.22. The fourth-order valence-electron chi connectivity index (χ4n) is 1.73. The van der Waals surface area contributed by atoms with E-state index in [1.165, 1.54) is 52.0 Å². The van der Waals surface area contributed by atoms with Gasteiger partial charge in [0.15, 0.2) is 0 Å². The molecule has 0 atom stereocenters. The molecule has 0 aliphatic rings. The van der Waals surface area contributed by atoms with Gasteiger partial charge in [-0.1, -0.05) is 27.7 Å². The maximum absolute atomic E-state index is 3.52. The van der Waals surface area contributed by atoms with Crippen molar-refractivity contribution >= 4 is 0 Å². The smallest absolute Gasteiger partial charge is 0.000687 e. The molecule has 92 valence electrons. The molecular weight excluding hydrogens is 184 g/mol. The van der Waals surface area contributed by atoms with Crippen molar-refractivity contribution in [2.24, 2.45) is 5.92 Å². The Labute approximate surface area is 96.4 Å². The van der Waals surface area contributed by atoms with Crippen molar-refractivity contribution in [3.63, 3.8) is 0 Å². The van der Waals surface area contributed by atoms with Gasteiger partial charge >= 0.3 is 0 Å². The fraction of sp³-hybridized carbons (Fsp3) is 1.00. The highest BCUT2D eigenvalue weighted by molar-refractivity contribution is 4.55. The fourth-order valence-corrected chi connectivity index (χ4v) is 1.73. The van der Waals surface area contributed by atoms with Crippen molar-refractivity contribution in [1.29, 1.82) is 0 Å². The van der Waals surface area contributed by atoms with E-state index in [4.69, 9.17) is 0 Å². The molecule has 0 unspecified atom stereocenters. The van der Waals surface area contributed by atoms with Crippen LogP contribution in [0.1, 0.15) is 47.0 Å². The molecule has 0 heterocycles. The molecule has 0 aromatic rings. The maximum atomic E-state index is 3.52. The van der Waals surface area contributed by atoms with Crippen LogP contribution in [-0.4, -0.2) is 37.6 Å². The minimum absolute atomic E-state index is 0.850. The third kappa shape index (κ3) is 10.2. The molecule has 0 fully saturated rings. The van der Waals surface area contributed by atoms with Crippen molar-refractivity contribution in [3.8, 4) is 0 Å². The molecule has 0 saturated heterocycles. The van der Waals surface area contributed by atoms with Gasteiger partial charge in [-0.15, -0.1) is 0 Å². The predicted molar refractivity (Wildman–Crippen MR) is 69.3 cm³/mol. The monoisotopic (exact) mass is 214 g/mol. The van der Waals surface area contributed by atoms with Crippen LogP contribution in [0, 0.1) is 5.92 Å². The van der Waals surface area contributed by atoms with Crippen molar-refractivity contribution in [3.05, 3.63) is 0 Å². The van der Waals surface area contributed by atoms with Crippen LogP contribution in [0.25, 0.3) is 0 Å². The second-order valence-corrected chi connectivity index (χ2v) is 4.67. The summed E-state index contributed by atoms with van der Waals surface area (Å²) in [5.74, 6) is 0.850. The Kier molecular flexibility index (Phi) is 10.4. The zero-order chi connectivity index (χ0) is 11.5. The molecule has 0 radical (unpaired) electrons. The van der Waals surface area contributed by atoms with Crippen LogP contribution in [0.15, 0.2) is 0 Å². The normalized spacial score (nSPS) is 11.6. The highest BCUT2D eigenvalue weighted by Crippen LogP contribution is 2.01.